The van der Waals surface area contributed by atoms with Crippen LogP contribution in [0.25, 0.3) is 11.1 Å². The molecule has 0 radical (unpaired) electrons. The highest BCUT2D eigenvalue weighted by Gasteiger charge is 2.07. The molecule has 2 aromatic rings. The summed E-state index contributed by atoms with van der Waals surface area (Å²) in [6.45, 7) is 2.05. The summed E-state index contributed by atoms with van der Waals surface area (Å²) >= 11 is 1.41. The number of unbranched alkanes of at least 4 members (excludes halogenated alkanes) is 1. The average Bonchev–Trinajstić information content (AvgIpc) is 2.97. The van der Waals surface area contributed by atoms with E-state index in [2.05, 4.69) is 6.07 Å². The van der Waals surface area contributed by atoms with Gasteiger partial charge in [0, 0.05) is 11.6 Å². The summed E-state index contributed by atoms with van der Waals surface area (Å²) in [6.07, 6.45) is 5.12. The number of allylic oxidation sites excluding steroid dienone is 1. The van der Waals surface area contributed by atoms with Crippen LogP contribution in [0.15, 0.2) is 47.9 Å². The number of hydrogen-bond acceptors (Lipinski definition) is 4. The maximum absolute atomic E-state index is 11.6. The lowest BCUT2D eigenvalue weighted by Crippen LogP contribution is -2.03. The molecule has 0 unspecified atom stereocenters. The summed E-state index contributed by atoms with van der Waals surface area (Å²) in [5, 5.41) is 10.9. The number of ether oxygens (including phenoxy) is 1. The second kappa shape index (κ2) is 7.41. The van der Waals surface area contributed by atoms with Crippen LogP contribution in [0.4, 0.5) is 0 Å². The van der Waals surface area contributed by atoms with Gasteiger partial charge in [-0.2, -0.15) is 5.26 Å². The molecule has 0 aliphatic rings. The Morgan fingerprint density at radius 3 is 2.76 bits per heavy atom. The van der Waals surface area contributed by atoms with E-state index in [1.54, 1.807) is 18.2 Å². The van der Waals surface area contributed by atoms with Gasteiger partial charge in [-0.15, -0.1) is 11.3 Å². The molecule has 0 saturated heterocycles. The quantitative estimate of drug-likeness (QED) is 0.462. The summed E-state index contributed by atoms with van der Waals surface area (Å²) in [4.78, 5) is 12.2. The number of hydrogen-bond donors (Lipinski definition) is 0. The molecule has 0 aliphatic carbocycles. The van der Waals surface area contributed by atoms with Crippen LogP contribution in [0.2, 0.25) is 0 Å². The van der Waals surface area contributed by atoms with E-state index in [1.807, 2.05) is 30.5 Å². The smallest absolute Gasteiger partial charge is 0.335 e. The Labute approximate surface area is 128 Å². The number of rotatable bonds is 5. The molecule has 106 valence electrons. The molecule has 3 nitrogen and oxygen atoms in total. The Bertz CT molecular complexity index is 678. The predicted octanol–water partition coefficient (Wildman–Crippen LogP) is 4.55. The van der Waals surface area contributed by atoms with Crippen LogP contribution in [0, 0.1) is 11.3 Å². The highest BCUT2D eigenvalue weighted by molar-refractivity contribution is 7.11. The van der Waals surface area contributed by atoms with E-state index in [1.165, 1.54) is 17.4 Å². The SMILES string of the molecule is CCCC=CC(=O)Oc1ccc(-c2ccsc2C#N)cc1. The van der Waals surface area contributed by atoms with Gasteiger partial charge in [0.05, 0.1) is 0 Å². The molecule has 21 heavy (non-hydrogen) atoms. The third-order valence-corrected chi connectivity index (χ3v) is 3.68. The van der Waals surface area contributed by atoms with Crippen molar-refractivity contribution in [2.75, 3.05) is 0 Å². The van der Waals surface area contributed by atoms with E-state index in [0.29, 0.717) is 10.6 Å². The Morgan fingerprint density at radius 1 is 1.33 bits per heavy atom. The number of esters is 1. The third kappa shape index (κ3) is 4.04. The van der Waals surface area contributed by atoms with Gasteiger partial charge in [-0.3, -0.25) is 0 Å². The average molecular weight is 297 g/mol. The number of thiophene rings is 1. The molecule has 0 spiro atoms. The van der Waals surface area contributed by atoms with Crippen LogP contribution in [-0.4, -0.2) is 5.97 Å². The molecule has 0 bridgehead atoms. The first-order valence-corrected chi connectivity index (χ1v) is 7.59. The molecule has 0 N–H and O–H groups in total. The highest BCUT2D eigenvalue weighted by Crippen LogP contribution is 2.28. The largest absolute Gasteiger partial charge is 0.423 e. The van der Waals surface area contributed by atoms with Gasteiger partial charge in [0.25, 0.3) is 0 Å². The van der Waals surface area contributed by atoms with E-state index >= 15 is 0 Å². The number of carbonyl (C=O) groups is 1. The highest BCUT2D eigenvalue weighted by atomic mass is 32.1. The monoisotopic (exact) mass is 297 g/mol. The Morgan fingerprint density at radius 2 is 2.10 bits per heavy atom. The predicted molar refractivity (Wildman–Crippen MR) is 84.2 cm³/mol. The first-order chi connectivity index (χ1) is 10.2. The minimum atomic E-state index is -0.371. The molecular formula is C17H15NO2S. The molecule has 0 aliphatic heterocycles. The molecule has 0 saturated carbocycles. The topological polar surface area (TPSA) is 50.1 Å². The lowest BCUT2D eigenvalue weighted by Gasteiger charge is -2.03. The number of nitrogens with zero attached hydrogens (tertiary/aromatic N) is 1. The van der Waals surface area contributed by atoms with Crippen LogP contribution < -0.4 is 4.74 Å². The van der Waals surface area contributed by atoms with E-state index in [0.717, 1.165) is 24.0 Å². The van der Waals surface area contributed by atoms with Crippen molar-refractivity contribution in [1.82, 2.24) is 0 Å². The van der Waals surface area contributed by atoms with E-state index < -0.39 is 0 Å². The van der Waals surface area contributed by atoms with Gasteiger partial charge in [0.15, 0.2) is 0 Å². The van der Waals surface area contributed by atoms with Crippen molar-refractivity contribution >= 4 is 17.3 Å². The zero-order valence-corrected chi connectivity index (χ0v) is 12.5. The van der Waals surface area contributed by atoms with Gasteiger partial charge in [-0.05, 0) is 35.6 Å². The standard InChI is InChI=1S/C17H15NO2S/c1-2-3-4-5-17(19)20-14-8-6-13(7-9-14)15-10-11-21-16(15)12-18/h4-11H,2-3H2,1H3. The second-order valence-electron chi connectivity index (χ2n) is 4.41. The van der Waals surface area contributed by atoms with Crippen LogP contribution in [0.5, 0.6) is 5.75 Å². The summed E-state index contributed by atoms with van der Waals surface area (Å²) in [5.74, 6) is 0.128. The summed E-state index contributed by atoms with van der Waals surface area (Å²) < 4.78 is 5.20. The third-order valence-electron chi connectivity index (χ3n) is 2.86. The minimum absolute atomic E-state index is 0.371. The number of carbonyl (C=O) groups excluding carboxylic acids is 1. The fourth-order valence-corrected chi connectivity index (χ4v) is 2.53. The first kappa shape index (κ1) is 15.0. The number of benzene rings is 1. The summed E-state index contributed by atoms with van der Waals surface area (Å²) in [7, 11) is 0. The van der Waals surface area contributed by atoms with Gasteiger partial charge in [0.1, 0.15) is 16.7 Å². The van der Waals surface area contributed by atoms with E-state index in [9.17, 15) is 4.79 Å². The van der Waals surface area contributed by atoms with Crippen molar-refractivity contribution in [3.05, 3.63) is 52.7 Å². The van der Waals surface area contributed by atoms with Crippen molar-refractivity contribution in [2.24, 2.45) is 0 Å². The van der Waals surface area contributed by atoms with Crippen molar-refractivity contribution in [2.45, 2.75) is 19.8 Å². The van der Waals surface area contributed by atoms with Gasteiger partial charge >= 0.3 is 5.97 Å². The Balaban J connectivity index is 2.06. The lowest BCUT2D eigenvalue weighted by molar-refractivity contribution is -0.129. The van der Waals surface area contributed by atoms with Crippen molar-refractivity contribution in [3.63, 3.8) is 0 Å². The summed E-state index contributed by atoms with van der Waals surface area (Å²) in [6, 6.07) is 11.3. The molecule has 1 aromatic heterocycles. The lowest BCUT2D eigenvalue weighted by atomic mass is 10.1. The molecule has 1 aromatic carbocycles. The maximum atomic E-state index is 11.6. The van der Waals surface area contributed by atoms with E-state index in [4.69, 9.17) is 10.00 Å². The van der Waals surface area contributed by atoms with Crippen LogP contribution in [0.1, 0.15) is 24.6 Å². The fourth-order valence-electron chi connectivity index (χ4n) is 1.82. The molecule has 4 heteroatoms. The molecular weight excluding hydrogens is 282 g/mol. The summed E-state index contributed by atoms with van der Waals surface area (Å²) in [5.41, 5.74) is 1.84. The molecule has 0 atom stereocenters. The minimum Gasteiger partial charge on any atom is -0.423 e. The zero-order valence-electron chi connectivity index (χ0n) is 11.7. The fraction of sp³-hybridized carbons (Fsp3) is 0.176. The van der Waals surface area contributed by atoms with Gasteiger partial charge in [-0.1, -0.05) is 31.6 Å². The van der Waals surface area contributed by atoms with Gasteiger partial charge in [-0.25, -0.2) is 4.79 Å². The van der Waals surface area contributed by atoms with Crippen molar-refractivity contribution in [1.29, 1.82) is 5.26 Å². The maximum Gasteiger partial charge on any atom is 0.335 e. The second-order valence-corrected chi connectivity index (χ2v) is 5.33. The van der Waals surface area contributed by atoms with Crippen molar-refractivity contribution in [3.8, 4) is 22.9 Å². The molecule has 2 rings (SSSR count). The van der Waals surface area contributed by atoms with Gasteiger partial charge < -0.3 is 4.74 Å². The van der Waals surface area contributed by atoms with E-state index in [-0.39, 0.29) is 5.97 Å². The normalized spacial score (nSPS) is 10.5. The molecule has 1 heterocycles. The number of nitriles is 1. The van der Waals surface area contributed by atoms with Crippen LogP contribution >= 0.6 is 11.3 Å². The van der Waals surface area contributed by atoms with Gasteiger partial charge in [0.2, 0.25) is 0 Å². The van der Waals surface area contributed by atoms with Crippen LogP contribution in [-0.2, 0) is 4.79 Å². The molecule has 0 fully saturated rings. The zero-order chi connectivity index (χ0) is 15.1. The Kier molecular flexibility index (Phi) is 5.30. The Hall–Kier alpha value is -2.38. The van der Waals surface area contributed by atoms with Crippen molar-refractivity contribution < 1.29 is 9.53 Å². The van der Waals surface area contributed by atoms with Crippen LogP contribution in [0.3, 0.4) is 0 Å². The first-order valence-electron chi connectivity index (χ1n) is 6.71. The molecule has 0 amide bonds.